The number of hydrogen-bond acceptors (Lipinski definition) is 5. The van der Waals surface area contributed by atoms with Gasteiger partial charge in [-0.25, -0.2) is 4.99 Å². The number of amides is 1. The molecule has 1 aliphatic heterocycles. The number of terminal acetylenes is 1. The van der Waals surface area contributed by atoms with Gasteiger partial charge in [0.05, 0.1) is 17.2 Å². The molecule has 3 rings (SSSR count). The van der Waals surface area contributed by atoms with Crippen LogP contribution in [0.2, 0.25) is 0 Å². The van der Waals surface area contributed by atoms with Gasteiger partial charge in [-0.1, -0.05) is 29.7 Å². The van der Waals surface area contributed by atoms with Crippen molar-refractivity contribution < 1.29 is 14.3 Å². The number of rotatable bonds is 7. The van der Waals surface area contributed by atoms with Crippen molar-refractivity contribution >= 4 is 34.6 Å². The van der Waals surface area contributed by atoms with Crippen LogP contribution in [0.15, 0.2) is 52.4 Å². The number of ether oxygens (including phenoxy) is 2. The van der Waals surface area contributed by atoms with Crippen LogP contribution in [0.1, 0.15) is 25.0 Å². The summed E-state index contributed by atoms with van der Waals surface area (Å²) in [4.78, 5) is 19.9. The first-order valence-corrected chi connectivity index (χ1v) is 10.6. The van der Waals surface area contributed by atoms with Crippen LogP contribution in [0.4, 0.5) is 5.69 Å². The fourth-order valence-electron chi connectivity index (χ4n) is 2.87. The molecule has 5 nitrogen and oxygen atoms in total. The van der Waals surface area contributed by atoms with E-state index in [9.17, 15) is 4.79 Å². The Hall–Kier alpha value is -3.17. The van der Waals surface area contributed by atoms with Gasteiger partial charge in [0.2, 0.25) is 0 Å². The number of amidine groups is 1. The SMILES string of the molecule is C#CCOc1ccc(/C=C2/SC(=Nc3ccc(C)cc3)N(CC)C2=O)cc1OCC. The highest BCUT2D eigenvalue weighted by molar-refractivity contribution is 8.18. The molecule has 0 bridgehead atoms. The molecule has 1 aliphatic rings. The Balaban J connectivity index is 1.89. The third kappa shape index (κ3) is 5.05. The molecule has 1 heterocycles. The van der Waals surface area contributed by atoms with E-state index in [4.69, 9.17) is 15.9 Å². The van der Waals surface area contributed by atoms with Gasteiger partial charge < -0.3 is 9.47 Å². The van der Waals surface area contributed by atoms with Crippen molar-refractivity contribution in [3.8, 4) is 23.8 Å². The molecule has 0 unspecified atom stereocenters. The van der Waals surface area contributed by atoms with Crippen LogP contribution in [-0.2, 0) is 4.79 Å². The van der Waals surface area contributed by atoms with Crippen LogP contribution in [-0.4, -0.2) is 35.7 Å². The molecule has 0 aliphatic carbocycles. The molecule has 0 saturated carbocycles. The molecule has 0 atom stereocenters. The third-order valence-corrected chi connectivity index (χ3v) is 5.35. The van der Waals surface area contributed by atoms with E-state index in [1.807, 2.05) is 63.2 Å². The van der Waals surface area contributed by atoms with Crippen LogP contribution in [0.3, 0.4) is 0 Å². The summed E-state index contributed by atoms with van der Waals surface area (Å²) in [5.41, 5.74) is 2.83. The van der Waals surface area contributed by atoms with Crippen molar-refractivity contribution in [2.45, 2.75) is 20.8 Å². The van der Waals surface area contributed by atoms with E-state index in [0.29, 0.717) is 34.7 Å². The topological polar surface area (TPSA) is 51.1 Å². The highest BCUT2D eigenvalue weighted by Crippen LogP contribution is 2.35. The molecule has 0 aromatic heterocycles. The van der Waals surface area contributed by atoms with Crippen LogP contribution in [0.5, 0.6) is 11.5 Å². The lowest BCUT2D eigenvalue weighted by Gasteiger charge is -2.12. The molecule has 30 heavy (non-hydrogen) atoms. The summed E-state index contributed by atoms with van der Waals surface area (Å²) in [5.74, 6) is 3.57. The Kier molecular flexibility index (Phi) is 7.21. The smallest absolute Gasteiger partial charge is 0.266 e. The summed E-state index contributed by atoms with van der Waals surface area (Å²) >= 11 is 1.37. The largest absolute Gasteiger partial charge is 0.490 e. The van der Waals surface area contributed by atoms with Crippen molar-refractivity contribution in [3.63, 3.8) is 0 Å². The Morgan fingerprint density at radius 3 is 2.57 bits per heavy atom. The second-order valence-corrected chi connectivity index (χ2v) is 7.53. The zero-order valence-electron chi connectivity index (χ0n) is 17.3. The summed E-state index contributed by atoms with van der Waals surface area (Å²) < 4.78 is 11.2. The van der Waals surface area contributed by atoms with Crippen molar-refractivity contribution in [3.05, 3.63) is 58.5 Å². The number of likely N-dealkylation sites (N-methyl/N-ethyl adjacent to an activating group) is 1. The number of benzene rings is 2. The predicted octanol–water partition coefficient (Wildman–Crippen LogP) is 5.03. The van der Waals surface area contributed by atoms with Crippen molar-refractivity contribution in [2.24, 2.45) is 4.99 Å². The first kappa shape index (κ1) is 21.5. The van der Waals surface area contributed by atoms with Crippen molar-refractivity contribution in [1.29, 1.82) is 0 Å². The second kappa shape index (κ2) is 10.0. The first-order chi connectivity index (χ1) is 14.5. The van der Waals surface area contributed by atoms with E-state index in [2.05, 4.69) is 10.9 Å². The summed E-state index contributed by atoms with van der Waals surface area (Å²) in [7, 11) is 0. The Labute approximate surface area is 181 Å². The molecule has 154 valence electrons. The number of carbonyl (C=O) groups is 1. The average Bonchev–Trinajstić information content (AvgIpc) is 3.03. The summed E-state index contributed by atoms with van der Waals surface area (Å²) in [6, 6.07) is 13.4. The zero-order chi connectivity index (χ0) is 21.5. The molecule has 0 spiro atoms. The Morgan fingerprint density at radius 2 is 1.90 bits per heavy atom. The van der Waals surface area contributed by atoms with Crippen molar-refractivity contribution in [1.82, 2.24) is 4.90 Å². The zero-order valence-corrected chi connectivity index (χ0v) is 18.2. The van der Waals surface area contributed by atoms with E-state index >= 15 is 0 Å². The minimum atomic E-state index is -0.0565. The lowest BCUT2D eigenvalue weighted by Crippen LogP contribution is -2.28. The quantitative estimate of drug-likeness (QED) is 0.466. The van der Waals surface area contributed by atoms with E-state index in [-0.39, 0.29) is 12.5 Å². The number of carbonyl (C=O) groups excluding carboxylic acids is 1. The minimum Gasteiger partial charge on any atom is -0.490 e. The number of aliphatic imine (C=N–C) groups is 1. The molecule has 1 amide bonds. The molecule has 0 radical (unpaired) electrons. The number of nitrogens with zero attached hydrogens (tertiary/aromatic N) is 2. The molecule has 6 heteroatoms. The van der Waals surface area contributed by atoms with Gasteiger partial charge in [0.25, 0.3) is 5.91 Å². The van der Waals surface area contributed by atoms with Crippen LogP contribution < -0.4 is 9.47 Å². The van der Waals surface area contributed by atoms with E-state index < -0.39 is 0 Å². The normalized spacial score (nSPS) is 16.2. The highest BCUT2D eigenvalue weighted by atomic mass is 32.2. The first-order valence-electron chi connectivity index (χ1n) is 9.75. The average molecular weight is 421 g/mol. The third-order valence-electron chi connectivity index (χ3n) is 4.34. The highest BCUT2D eigenvalue weighted by Gasteiger charge is 2.32. The number of hydrogen-bond donors (Lipinski definition) is 0. The maximum absolute atomic E-state index is 12.9. The van der Waals surface area contributed by atoms with Gasteiger partial charge in [-0.05, 0) is 68.4 Å². The molecule has 0 N–H and O–H groups in total. The van der Waals surface area contributed by atoms with Crippen LogP contribution in [0.25, 0.3) is 6.08 Å². The molecular formula is C24H24N2O3S. The Bertz CT molecular complexity index is 1020. The second-order valence-electron chi connectivity index (χ2n) is 6.52. The molecule has 2 aromatic carbocycles. The Morgan fingerprint density at radius 1 is 1.13 bits per heavy atom. The molecule has 1 fully saturated rings. The lowest BCUT2D eigenvalue weighted by molar-refractivity contribution is -0.122. The van der Waals surface area contributed by atoms with Gasteiger partial charge in [0, 0.05) is 6.54 Å². The van der Waals surface area contributed by atoms with Gasteiger partial charge in [-0.15, -0.1) is 6.42 Å². The monoisotopic (exact) mass is 420 g/mol. The number of aryl methyl sites for hydroxylation is 1. The van der Waals surface area contributed by atoms with Gasteiger partial charge in [-0.3, -0.25) is 9.69 Å². The molecular weight excluding hydrogens is 396 g/mol. The predicted molar refractivity (Wildman–Crippen MR) is 123 cm³/mol. The van der Waals surface area contributed by atoms with E-state index in [1.165, 1.54) is 17.3 Å². The molecule has 2 aromatic rings. The minimum absolute atomic E-state index is 0.0565. The van der Waals surface area contributed by atoms with Gasteiger partial charge in [0.1, 0.15) is 6.61 Å². The fourth-order valence-corrected chi connectivity index (χ4v) is 3.94. The van der Waals surface area contributed by atoms with Crippen LogP contribution >= 0.6 is 11.8 Å². The fraction of sp³-hybridized carbons (Fsp3) is 0.250. The van der Waals surface area contributed by atoms with E-state index in [0.717, 1.165) is 11.3 Å². The number of thioether (sulfide) groups is 1. The van der Waals surface area contributed by atoms with Crippen LogP contribution in [0, 0.1) is 19.3 Å². The van der Waals surface area contributed by atoms with Crippen molar-refractivity contribution in [2.75, 3.05) is 19.8 Å². The van der Waals surface area contributed by atoms with Gasteiger partial charge in [-0.2, -0.15) is 0 Å². The molecule has 1 saturated heterocycles. The maximum Gasteiger partial charge on any atom is 0.266 e. The van der Waals surface area contributed by atoms with Gasteiger partial charge >= 0.3 is 0 Å². The summed E-state index contributed by atoms with van der Waals surface area (Å²) in [5, 5.41) is 0.677. The van der Waals surface area contributed by atoms with E-state index in [1.54, 1.807) is 11.0 Å². The standard InChI is InChI=1S/C24H24N2O3S/c1-5-14-29-20-13-10-18(15-21(20)28-7-3)16-22-23(27)26(6-2)24(30-22)25-19-11-8-17(4)9-12-19/h1,8-13,15-16H,6-7,14H2,2-4H3/b22-16+,25-24?. The lowest BCUT2D eigenvalue weighted by atomic mass is 10.2. The summed E-state index contributed by atoms with van der Waals surface area (Å²) in [6.45, 7) is 7.09. The van der Waals surface area contributed by atoms with Gasteiger partial charge in [0.15, 0.2) is 16.7 Å². The summed E-state index contributed by atoms with van der Waals surface area (Å²) in [6.07, 6.45) is 7.12. The maximum atomic E-state index is 12.9.